The zero-order valence-corrected chi connectivity index (χ0v) is 37.8. The number of ether oxygens (including phenoxy) is 5. The number of nitrogens with one attached hydrogen (secondary N) is 2. The van der Waals surface area contributed by atoms with Crippen molar-refractivity contribution in [3.8, 4) is 0 Å². The maximum atomic E-state index is 12.7. The van der Waals surface area contributed by atoms with Crippen molar-refractivity contribution in [1.29, 1.82) is 0 Å². The van der Waals surface area contributed by atoms with Gasteiger partial charge in [-0.3, -0.25) is 19.6 Å². The van der Waals surface area contributed by atoms with E-state index in [-0.39, 0.29) is 36.2 Å². The second-order valence-corrected chi connectivity index (χ2v) is 14.3. The Morgan fingerprint density at radius 2 is 1.55 bits per heavy atom. The molecule has 2 fully saturated rings. The Kier molecular flexibility index (Phi) is 38.3. The van der Waals surface area contributed by atoms with Gasteiger partial charge in [0.1, 0.15) is 11.7 Å². The molecule has 2 aliphatic rings. The van der Waals surface area contributed by atoms with Gasteiger partial charge in [-0.2, -0.15) is 0 Å². The van der Waals surface area contributed by atoms with Crippen LogP contribution < -0.4 is 10.6 Å². The number of carbonyl (C=O) groups is 3. The van der Waals surface area contributed by atoms with E-state index >= 15 is 0 Å². The van der Waals surface area contributed by atoms with Crippen LogP contribution in [0, 0.1) is 11.8 Å². The fourth-order valence-corrected chi connectivity index (χ4v) is 5.67. The van der Waals surface area contributed by atoms with Crippen LogP contribution in [0.25, 0.3) is 0 Å². The monoisotopic (exact) mass is 800 g/mol. The van der Waals surface area contributed by atoms with Crippen molar-refractivity contribution in [2.24, 2.45) is 11.8 Å². The number of hydrogen-bond acceptors (Lipinski definition) is 13. The van der Waals surface area contributed by atoms with E-state index in [1.807, 2.05) is 34.6 Å². The van der Waals surface area contributed by atoms with Crippen LogP contribution in [-0.4, -0.2) is 142 Å². The molecule has 0 saturated carbocycles. The van der Waals surface area contributed by atoms with Crippen LogP contribution in [0.4, 0.5) is 0 Å². The van der Waals surface area contributed by atoms with Gasteiger partial charge in [0.2, 0.25) is 5.91 Å². The lowest BCUT2D eigenvalue weighted by Crippen LogP contribution is -2.60. The fraction of sp³-hybridized carbons (Fsp3) is 0.925. The Labute approximate surface area is 334 Å². The summed E-state index contributed by atoms with van der Waals surface area (Å²) in [6.07, 6.45) is 3.98. The van der Waals surface area contributed by atoms with Gasteiger partial charge in [-0.15, -0.1) is 0 Å². The van der Waals surface area contributed by atoms with Crippen molar-refractivity contribution in [3.05, 3.63) is 0 Å². The number of rotatable bonds is 13. The van der Waals surface area contributed by atoms with Gasteiger partial charge in [-0.05, 0) is 80.4 Å². The molecule has 2 bridgehead atoms. The van der Waals surface area contributed by atoms with Gasteiger partial charge in [0.05, 0.1) is 50.5 Å². The Balaban J connectivity index is -0.000000366. The summed E-state index contributed by atoms with van der Waals surface area (Å²) in [5.74, 6) is -2.01. The first-order valence-corrected chi connectivity index (χ1v) is 20.0. The molecule has 0 aromatic carbocycles. The Bertz CT molecular complexity index is 939. The molecule has 2 heterocycles. The predicted molar refractivity (Wildman–Crippen MR) is 218 cm³/mol. The van der Waals surface area contributed by atoms with Crippen LogP contribution in [0.5, 0.6) is 0 Å². The molecule has 15 heteroatoms. The summed E-state index contributed by atoms with van der Waals surface area (Å²) in [6.45, 7) is 23.6. The number of amides is 1. The molecule has 0 aliphatic carbocycles. The van der Waals surface area contributed by atoms with Gasteiger partial charge < -0.3 is 49.4 Å². The number of carboxylic acids is 1. The van der Waals surface area contributed by atoms with Gasteiger partial charge in [-0.1, -0.05) is 55.4 Å². The van der Waals surface area contributed by atoms with Crippen LogP contribution >= 0.6 is 0 Å². The summed E-state index contributed by atoms with van der Waals surface area (Å²) in [5, 5.41) is 31.7. The topological polar surface area (TPSA) is 195 Å². The fourth-order valence-electron chi connectivity index (χ4n) is 5.67. The van der Waals surface area contributed by atoms with E-state index < -0.39 is 29.5 Å². The smallest absolute Gasteiger partial charge is 0.309 e. The van der Waals surface area contributed by atoms with Crippen molar-refractivity contribution in [2.45, 2.75) is 169 Å². The van der Waals surface area contributed by atoms with E-state index in [9.17, 15) is 19.5 Å². The lowest BCUT2D eigenvalue weighted by molar-refractivity contribution is -0.214. The number of esters is 1. The third-order valence-electron chi connectivity index (χ3n) is 9.30. The first kappa shape index (κ1) is 59.7. The summed E-state index contributed by atoms with van der Waals surface area (Å²) in [6, 6.07) is 0.787. The van der Waals surface area contributed by atoms with Crippen molar-refractivity contribution in [3.63, 3.8) is 0 Å². The van der Waals surface area contributed by atoms with Crippen molar-refractivity contribution < 1.29 is 58.4 Å². The minimum atomic E-state index is -1.55. The molecular weight excluding hydrogens is 714 g/mol. The predicted octanol–water partition coefficient (Wildman–Crippen LogP) is 5.76. The summed E-state index contributed by atoms with van der Waals surface area (Å²) in [5.41, 5.74) is -2.11. The van der Waals surface area contributed by atoms with Crippen molar-refractivity contribution in [1.82, 2.24) is 15.5 Å². The molecule has 8 atom stereocenters. The molecule has 55 heavy (non-hydrogen) atoms. The lowest BCUT2D eigenvalue weighted by Gasteiger charge is -2.39. The molecule has 332 valence electrons. The molecular formula is C40H85N3O12. The molecule has 0 aromatic heterocycles. The molecule has 0 spiro atoms. The Hall–Kier alpha value is -1.95. The minimum Gasteiger partial charge on any atom is -0.481 e. The maximum absolute atomic E-state index is 12.7. The largest absolute Gasteiger partial charge is 0.481 e. The number of carboxylic acid groups (broad SMARTS) is 1. The van der Waals surface area contributed by atoms with Gasteiger partial charge in [-0.25, -0.2) is 4.89 Å². The number of carbonyl (C=O) groups excluding carboxylic acids is 2. The summed E-state index contributed by atoms with van der Waals surface area (Å²) >= 11 is 0. The molecule has 2 aliphatic heterocycles. The lowest BCUT2D eigenvalue weighted by atomic mass is 9.85. The molecule has 3 unspecified atom stereocenters. The molecule has 5 N–H and O–H groups in total. The number of hydrogen-bond donors (Lipinski definition) is 5. The normalized spacial score (nSPS) is 26.7. The van der Waals surface area contributed by atoms with Crippen LogP contribution in [0.3, 0.4) is 0 Å². The SMILES string of the molecule is CC.CCC(C)OCCOC.CCC(CC)N(C)C.CC[C@H]1OC(=O)C(C)C[C@H]2C[C@](C)(OC)C[C@@H](C)C(=O)NC(O2)[C@]1(C)O.CNCCC(=O)O.COO. The van der Waals surface area contributed by atoms with E-state index in [1.165, 1.54) is 20.0 Å². The number of nitrogens with zero attached hydrogens (tertiary/aromatic N) is 1. The third kappa shape index (κ3) is 28.2. The minimum absolute atomic E-state index is 0.205. The highest BCUT2D eigenvalue weighted by Crippen LogP contribution is 2.35. The van der Waals surface area contributed by atoms with Crippen LogP contribution in [0.2, 0.25) is 0 Å². The summed E-state index contributed by atoms with van der Waals surface area (Å²) in [7, 11) is 10.5. The first-order chi connectivity index (χ1) is 25.7. The van der Waals surface area contributed by atoms with Gasteiger partial charge in [0, 0.05) is 39.1 Å². The Morgan fingerprint density at radius 3 is 1.91 bits per heavy atom. The van der Waals surface area contributed by atoms with E-state index in [0.29, 0.717) is 51.5 Å². The van der Waals surface area contributed by atoms with E-state index in [1.54, 1.807) is 35.1 Å². The molecule has 15 nitrogen and oxygen atoms in total. The zero-order valence-electron chi connectivity index (χ0n) is 37.8. The van der Waals surface area contributed by atoms with E-state index in [0.717, 1.165) is 12.5 Å². The molecule has 0 radical (unpaired) electrons. The summed E-state index contributed by atoms with van der Waals surface area (Å²) < 4.78 is 27.6. The number of aliphatic hydroxyl groups is 1. The number of aliphatic carboxylic acids is 1. The average molecular weight is 800 g/mol. The number of cyclic esters (lactones) is 1. The third-order valence-corrected chi connectivity index (χ3v) is 9.30. The second kappa shape index (κ2) is 35.2. The number of fused-ring (bicyclic) bond motifs is 2. The van der Waals surface area contributed by atoms with Crippen LogP contribution in [-0.2, 0) is 43.0 Å². The standard InChI is InChI=1S/C19H33NO6.C7H17N.C7H16O2.C4H9NO2.C2H6.CH4O2/c1-7-14-19(5,23)17-20-15(21)12(3)9-18(4,24-6)10-13(25-17)8-11(2)16(22)26-14;1-5-7(6-2)8(3)4;1-4-7(2)9-6-5-8-3;1-5-3-2-4(6)7;1-2;1-3-2/h11-14,17,23H,7-10H2,1-6H3,(H,20,21);7H,5-6H2,1-4H3;7H,4-6H2,1-3H3;5H,2-3H2,1H3,(H,6,7);1-2H3;2H,1H3/t11?,12-,13+,14-,17?,18-,19-;;;;;/m1...../s1. The maximum Gasteiger partial charge on any atom is 0.309 e. The second-order valence-electron chi connectivity index (χ2n) is 14.3. The quantitative estimate of drug-likeness (QED) is 0.0653. The van der Waals surface area contributed by atoms with E-state index in [2.05, 4.69) is 62.2 Å². The van der Waals surface area contributed by atoms with Crippen LogP contribution in [0.1, 0.15) is 128 Å². The molecule has 2 saturated heterocycles. The molecule has 1 amide bonds. The highest BCUT2D eigenvalue weighted by atomic mass is 17.1. The first-order valence-electron chi connectivity index (χ1n) is 20.0. The van der Waals surface area contributed by atoms with Gasteiger partial charge in [0.15, 0.2) is 6.23 Å². The highest BCUT2D eigenvalue weighted by molar-refractivity contribution is 5.78. The van der Waals surface area contributed by atoms with Crippen molar-refractivity contribution >= 4 is 17.8 Å². The van der Waals surface area contributed by atoms with Gasteiger partial charge in [0.25, 0.3) is 0 Å². The molecule has 0 aromatic rings. The average Bonchev–Trinajstić information content (AvgIpc) is 3.20. The highest BCUT2D eigenvalue weighted by Gasteiger charge is 2.48. The van der Waals surface area contributed by atoms with Gasteiger partial charge >= 0.3 is 11.9 Å². The summed E-state index contributed by atoms with van der Waals surface area (Å²) in [4.78, 5) is 40.3. The van der Waals surface area contributed by atoms with Crippen molar-refractivity contribution in [2.75, 3.05) is 62.2 Å². The van der Waals surface area contributed by atoms with Crippen LogP contribution in [0.15, 0.2) is 0 Å². The Morgan fingerprint density at radius 1 is 1.00 bits per heavy atom. The molecule has 2 rings (SSSR count). The number of methoxy groups -OCH3 is 2. The van der Waals surface area contributed by atoms with E-state index in [4.69, 9.17) is 34.0 Å². The zero-order chi connectivity index (χ0) is 43.8.